The lowest BCUT2D eigenvalue weighted by molar-refractivity contribution is -0.136. The van der Waals surface area contributed by atoms with Gasteiger partial charge >= 0.3 is 5.97 Å². The van der Waals surface area contributed by atoms with E-state index in [-0.39, 0.29) is 17.2 Å². The number of nitrogens with zero attached hydrogens (tertiary/aromatic N) is 1. The molecule has 0 aliphatic carbocycles. The number of sulfonamides is 1. The van der Waals surface area contributed by atoms with Gasteiger partial charge in [-0.15, -0.1) is 11.3 Å². The van der Waals surface area contributed by atoms with Crippen LogP contribution in [0, 0.1) is 6.92 Å². The predicted octanol–water partition coefficient (Wildman–Crippen LogP) is 1.15. The normalized spacial score (nSPS) is 11.7. The van der Waals surface area contributed by atoms with Crippen molar-refractivity contribution in [2.24, 2.45) is 0 Å². The molecule has 2 aromatic heterocycles. The van der Waals surface area contributed by atoms with Crippen molar-refractivity contribution in [1.29, 1.82) is 0 Å². The molecule has 2 rings (SSSR count). The molecule has 0 aliphatic heterocycles. The van der Waals surface area contributed by atoms with Gasteiger partial charge in [-0.3, -0.25) is 4.79 Å². The molecule has 2 aromatic rings. The van der Waals surface area contributed by atoms with Gasteiger partial charge in [0, 0.05) is 10.9 Å². The summed E-state index contributed by atoms with van der Waals surface area (Å²) >= 11 is 0.931. The quantitative estimate of drug-likeness (QED) is 0.827. The van der Waals surface area contributed by atoms with E-state index in [0.717, 1.165) is 11.3 Å². The van der Waals surface area contributed by atoms with Crippen LogP contribution in [0.2, 0.25) is 0 Å². The van der Waals surface area contributed by atoms with E-state index < -0.39 is 16.0 Å². The highest BCUT2D eigenvalue weighted by molar-refractivity contribution is 7.91. The van der Waals surface area contributed by atoms with Crippen molar-refractivity contribution in [3.05, 3.63) is 34.5 Å². The molecule has 0 atom stereocenters. The Kier molecular flexibility index (Phi) is 4.21. The van der Waals surface area contributed by atoms with E-state index in [1.807, 2.05) is 0 Å². The third-order valence-corrected chi connectivity index (χ3v) is 5.32. The van der Waals surface area contributed by atoms with Gasteiger partial charge in [-0.05, 0) is 19.1 Å². The fraction of sp³-hybridized carbons (Fsp3) is 0.273. The molecule has 0 saturated carbocycles. The Labute approximate surface area is 119 Å². The summed E-state index contributed by atoms with van der Waals surface area (Å²) in [6.07, 6.45) is -0.193. The Balaban J connectivity index is 2.06. The van der Waals surface area contributed by atoms with Crippen LogP contribution in [0.25, 0.3) is 0 Å². The fourth-order valence-corrected chi connectivity index (χ4v) is 3.87. The number of nitrogens with one attached hydrogen (secondary N) is 1. The molecule has 0 aromatic carbocycles. The highest BCUT2D eigenvalue weighted by Crippen LogP contribution is 2.22. The first kappa shape index (κ1) is 14.7. The van der Waals surface area contributed by atoms with E-state index in [9.17, 15) is 13.2 Å². The minimum atomic E-state index is -3.68. The first-order valence-electron chi connectivity index (χ1n) is 5.59. The molecule has 9 heteroatoms. The van der Waals surface area contributed by atoms with E-state index in [2.05, 4.69) is 9.88 Å². The third-order valence-electron chi connectivity index (χ3n) is 2.34. The molecule has 2 N–H and O–H groups in total. The van der Waals surface area contributed by atoms with Crippen LogP contribution in [0.1, 0.15) is 16.3 Å². The van der Waals surface area contributed by atoms with Gasteiger partial charge < -0.3 is 9.63 Å². The number of aromatic nitrogens is 1. The molecule has 2 heterocycles. The average molecular weight is 316 g/mol. The molecule has 0 bridgehead atoms. The van der Waals surface area contributed by atoms with Crippen LogP contribution in [0.3, 0.4) is 0 Å². The Morgan fingerprint density at radius 2 is 2.25 bits per heavy atom. The van der Waals surface area contributed by atoms with E-state index in [1.165, 1.54) is 12.1 Å². The summed E-state index contributed by atoms with van der Waals surface area (Å²) in [6, 6.07) is 4.51. The second-order valence-corrected chi connectivity index (χ2v) is 7.21. The number of rotatable bonds is 6. The number of thiophene rings is 1. The summed E-state index contributed by atoms with van der Waals surface area (Å²) in [7, 11) is -3.68. The lowest BCUT2D eigenvalue weighted by atomic mass is 10.3. The van der Waals surface area contributed by atoms with Crippen molar-refractivity contribution < 1.29 is 22.8 Å². The minimum absolute atomic E-state index is 0.00463. The minimum Gasteiger partial charge on any atom is -0.481 e. The van der Waals surface area contributed by atoms with Gasteiger partial charge in [0.15, 0.2) is 5.76 Å². The lowest BCUT2D eigenvalue weighted by Gasteiger charge is -2.01. The summed E-state index contributed by atoms with van der Waals surface area (Å²) in [5.74, 6) is -0.589. The number of hydrogen-bond donors (Lipinski definition) is 2. The van der Waals surface area contributed by atoms with Gasteiger partial charge in [0.25, 0.3) is 0 Å². The standard InChI is InChI=1S/C11H12N2O5S2/c1-7-4-8(18-13-7)6-12-20(16,17)11-3-2-9(19-11)5-10(14)15/h2-4,12H,5-6H2,1H3,(H,14,15). The largest absolute Gasteiger partial charge is 0.481 e. The first-order valence-corrected chi connectivity index (χ1v) is 7.89. The zero-order chi connectivity index (χ0) is 14.8. The Morgan fingerprint density at radius 1 is 1.50 bits per heavy atom. The maximum absolute atomic E-state index is 12.0. The number of aryl methyl sites for hydroxylation is 1. The average Bonchev–Trinajstić information content (AvgIpc) is 2.95. The molecular weight excluding hydrogens is 304 g/mol. The van der Waals surface area contributed by atoms with Crippen molar-refractivity contribution in [1.82, 2.24) is 9.88 Å². The van der Waals surface area contributed by atoms with Crippen LogP contribution in [-0.2, 0) is 27.8 Å². The van der Waals surface area contributed by atoms with Gasteiger partial charge in [0.1, 0.15) is 4.21 Å². The second-order valence-electron chi connectivity index (χ2n) is 4.05. The van der Waals surface area contributed by atoms with Gasteiger partial charge in [0.05, 0.1) is 18.7 Å². The molecule has 0 aliphatic rings. The van der Waals surface area contributed by atoms with Gasteiger partial charge in [-0.25, -0.2) is 13.1 Å². The molecule has 0 radical (unpaired) electrons. The molecule has 108 valence electrons. The van der Waals surface area contributed by atoms with E-state index in [0.29, 0.717) is 16.3 Å². The Bertz CT molecular complexity index is 717. The Morgan fingerprint density at radius 3 is 2.85 bits per heavy atom. The molecule has 0 unspecified atom stereocenters. The van der Waals surface area contributed by atoms with Crippen molar-refractivity contribution >= 4 is 27.3 Å². The number of carboxylic acids is 1. The Hall–Kier alpha value is -1.71. The zero-order valence-electron chi connectivity index (χ0n) is 10.5. The van der Waals surface area contributed by atoms with Crippen molar-refractivity contribution in [3.8, 4) is 0 Å². The summed E-state index contributed by atoms with van der Waals surface area (Å²) < 4.78 is 31.4. The van der Waals surface area contributed by atoms with Gasteiger partial charge in [0.2, 0.25) is 10.0 Å². The second kappa shape index (κ2) is 5.73. The summed E-state index contributed by atoms with van der Waals surface area (Å²) in [6.45, 7) is 1.73. The molecular formula is C11H12N2O5S2. The third kappa shape index (κ3) is 3.65. The lowest BCUT2D eigenvalue weighted by Crippen LogP contribution is -2.22. The van der Waals surface area contributed by atoms with Gasteiger partial charge in [-0.2, -0.15) is 0 Å². The van der Waals surface area contributed by atoms with Crippen molar-refractivity contribution in [3.63, 3.8) is 0 Å². The molecule has 0 fully saturated rings. The number of carbonyl (C=O) groups is 1. The number of aliphatic carboxylic acids is 1. The molecule has 0 amide bonds. The molecule has 20 heavy (non-hydrogen) atoms. The molecule has 0 saturated heterocycles. The monoisotopic (exact) mass is 316 g/mol. The van der Waals surface area contributed by atoms with E-state index in [4.69, 9.17) is 9.63 Å². The fourth-order valence-electron chi connectivity index (χ4n) is 1.48. The zero-order valence-corrected chi connectivity index (χ0v) is 12.1. The summed E-state index contributed by atoms with van der Waals surface area (Å²) in [5, 5.41) is 12.3. The summed E-state index contributed by atoms with van der Waals surface area (Å²) in [5.41, 5.74) is 0.666. The summed E-state index contributed by atoms with van der Waals surface area (Å²) in [4.78, 5) is 11.0. The SMILES string of the molecule is Cc1cc(CNS(=O)(=O)c2ccc(CC(=O)O)s2)on1. The van der Waals surface area contributed by atoms with E-state index >= 15 is 0 Å². The van der Waals surface area contributed by atoms with E-state index in [1.54, 1.807) is 13.0 Å². The molecule has 0 spiro atoms. The van der Waals surface area contributed by atoms with Crippen molar-refractivity contribution in [2.45, 2.75) is 24.1 Å². The van der Waals surface area contributed by atoms with Crippen LogP contribution in [0.5, 0.6) is 0 Å². The maximum atomic E-state index is 12.0. The van der Waals surface area contributed by atoms with Crippen LogP contribution in [0.4, 0.5) is 0 Å². The highest BCUT2D eigenvalue weighted by atomic mass is 32.2. The highest BCUT2D eigenvalue weighted by Gasteiger charge is 2.18. The van der Waals surface area contributed by atoms with Crippen LogP contribution in [-0.4, -0.2) is 24.7 Å². The smallest absolute Gasteiger partial charge is 0.308 e. The first-order chi connectivity index (χ1) is 9.37. The number of carboxylic acid groups (broad SMARTS) is 1. The van der Waals surface area contributed by atoms with Crippen molar-refractivity contribution in [2.75, 3.05) is 0 Å². The van der Waals surface area contributed by atoms with Crippen LogP contribution >= 0.6 is 11.3 Å². The van der Waals surface area contributed by atoms with Gasteiger partial charge in [-0.1, -0.05) is 5.16 Å². The number of hydrogen-bond acceptors (Lipinski definition) is 6. The molecule has 7 nitrogen and oxygen atoms in total. The maximum Gasteiger partial charge on any atom is 0.308 e. The topological polar surface area (TPSA) is 110 Å². The van der Waals surface area contributed by atoms with Crippen LogP contribution in [0.15, 0.2) is 26.9 Å². The predicted molar refractivity (Wildman–Crippen MR) is 70.9 cm³/mol. The van der Waals surface area contributed by atoms with Crippen LogP contribution < -0.4 is 4.72 Å².